The Morgan fingerprint density at radius 2 is 1.72 bits per heavy atom. The fourth-order valence-electron chi connectivity index (χ4n) is 1.78. The fraction of sp³-hybridized carbons (Fsp3) is 0.217. The summed E-state index contributed by atoms with van der Waals surface area (Å²) in [7, 11) is 0. The maximum atomic E-state index is 8.81. The number of aromatic hydroxyl groups is 1. The molecule has 134 valence electrons. The van der Waals surface area contributed by atoms with Gasteiger partial charge in [0.15, 0.2) is 0 Å². The standard InChI is InChI=1S/C14H16O.C7H8O.C2H6/c1-4-6-10-13(5-2)15-14-11-8-7-9-12(14)3;1-6-3-2-4-7(8)5-6;1-2/h4-11H,1H2,2-3H3;2-5,8H,1H3;1-2H3/b10-6-,13-5+;;. The van der Waals surface area contributed by atoms with Gasteiger partial charge in [0.25, 0.3) is 0 Å². The van der Waals surface area contributed by atoms with Crippen LogP contribution in [0.2, 0.25) is 0 Å². The minimum absolute atomic E-state index is 0.338. The van der Waals surface area contributed by atoms with E-state index in [1.165, 1.54) is 0 Å². The first-order chi connectivity index (χ1) is 12.1. The molecule has 0 bridgehead atoms. The molecule has 0 amide bonds. The molecule has 2 aromatic carbocycles. The quantitative estimate of drug-likeness (QED) is 0.493. The largest absolute Gasteiger partial charge is 0.508 e. The highest BCUT2D eigenvalue weighted by Crippen LogP contribution is 2.19. The first-order valence-corrected chi connectivity index (χ1v) is 8.51. The maximum absolute atomic E-state index is 8.81. The van der Waals surface area contributed by atoms with Gasteiger partial charge in [0.2, 0.25) is 0 Å². The van der Waals surface area contributed by atoms with Crippen LogP contribution in [0.4, 0.5) is 0 Å². The molecule has 0 atom stereocenters. The lowest BCUT2D eigenvalue weighted by Gasteiger charge is -2.08. The Labute approximate surface area is 152 Å². The Hall–Kier alpha value is -2.74. The summed E-state index contributed by atoms with van der Waals surface area (Å²) in [6.07, 6.45) is 7.39. The van der Waals surface area contributed by atoms with E-state index in [2.05, 4.69) is 6.58 Å². The third-order valence-electron chi connectivity index (χ3n) is 3.00. The van der Waals surface area contributed by atoms with Gasteiger partial charge in [0.05, 0.1) is 0 Å². The van der Waals surface area contributed by atoms with Crippen LogP contribution in [0.5, 0.6) is 11.5 Å². The molecule has 0 saturated heterocycles. The molecule has 2 rings (SSSR count). The van der Waals surface area contributed by atoms with E-state index in [4.69, 9.17) is 9.84 Å². The summed E-state index contributed by atoms with van der Waals surface area (Å²) in [5.74, 6) is 2.05. The maximum Gasteiger partial charge on any atom is 0.130 e. The van der Waals surface area contributed by atoms with Gasteiger partial charge in [-0.1, -0.05) is 62.9 Å². The normalized spacial score (nSPS) is 10.2. The molecule has 0 unspecified atom stereocenters. The van der Waals surface area contributed by atoms with Crippen molar-refractivity contribution in [3.05, 3.63) is 96.3 Å². The molecule has 25 heavy (non-hydrogen) atoms. The number of rotatable bonds is 4. The Morgan fingerprint density at radius 1 is 1.04 bits per heavy atom. The van der Waals surface area contributed by atoms with Crippen LogP contribution >= 0.6 is 0 Å². The zero-order chi connectivity index (χ0) is 19.1. The number of phenolic OH excluding ortho intramolecular Hbond substituents is 1. The number of phenols is 1. The van der Waals surface area contributed by atoms with E-state index in [1.54, 1.807) is 18.2 Å². The van der Waals surface area contributed by atoms with Gasteiger partial charge in [-0.3, -0.25) is 0 Å². The lowest BCUT2D eigenvalue weighted by Crippen LogP contribution is -1.93. The third kappa shape index (κ3) is 9.87. The van der Waals surface area contributed by atoms with Crippen molar-refractivity contribution in [3.63, 3.8) is 0 Å². The molecule has 0 aliphatic rings. The van der Waals surface area contributed by atoms with Crippen molar-refractivity contribution in [1.29, 1.82) is 0 Å². The summed E-state index contributed by atoms with van der Waals surface area (Å²) in [6.45, 7) is 13.5. The summed E-state index contributed by atoms with van der Waals surface area (Å²) in [5, 5.41) is 8.81. The second kappa shape index (κ2) is 13.7. The van der Waals surface area contributed by atoms with Crippen molar-refractivity contribution in [1.82, 2.24) is 0 Å². The summed E-state index contributed by atoms with van der Waals surface area (Å²) >= 11 is 0. The van der Waals surface area contributed by atoms with Crippen molar-refractivity contribution in [2.24, 2.45) is 0 Å². The summed E-state index contributed by atoms with van der Waals surface area (Å²) in [4.78, 5) is 0. The van der Waals surface area contributed by atoms with Crippen LogP contribution in [0, 0.1) is 13.8 Å². The average Bonchev–Trinajstić information content (AvgIpc) is 2.62. The van der Waals surface area contributed by atoms with Crippen molar-refractivity contribution >= 4 is 0 Å². The van der Waals surface area contributed by atoms with Gasteiger partial charge in [-0.05, 0) is 62.2 Å². The van der Waals surface area contributed by atoms with Gasteiger partial charge in [-0.15, -0.1) is 0 Å². The molecule has 0 radical (unpaired) electrons. The van der Waals surface area contributed by atoms with Crippen LogP contribution < -0.4 is 4.74 Å². The Kier molecular flexibility index (Phi) is 12.2. The van der Waals surface area contributed by atoms with Gasteiger partial charge in [-0.25, -0.2) is 0 Å². The molecule has 0 aliphatic heterocycles. The number of ether oxygens (including phenoxy) is 1. The monoisotopic (exact) mass is 338 g/mol. The van der Waals surface area contributed by atoms with Gasteiger partial charge >= 0.3 is 0 Å². The van der Waals surface area contributed by atoms with Crippen LogP contribution in [0.1, 0.15) is 31.9 Å². The zero-order valence-electron chi connectivity index (χ0n) is 16.0. The summed E-state index contributed by atoms with van der Waals surface area (Å²) in [5.41, 5.74) is 2.22. The summed E-state index contributed by atoms with van der Waals surface area (Å²) < 4.78 is 5.72. The SMILES string of the molecule is C=C/C=C\C(=C/C)Oc1ccccc1C.CC.Cc1cccc(O)c1. The van der Waals surface area contributed by atoms with E-state index >= 15 is 0 Å². The van der Waals surface area contributed by atoms with Gasteiger partial charge < -0.3 is 9.84 Å². The molecule has 1 N–H and O–H groups in total. The lowest BCUT2D eigenvalue weighted by molar-refractivity contribution is 0.440. The molecule has 2 aromatic rings. The molecule has 0 saturated carbocycles. The molecular weight excluding hydrogens is 308 g/mol. The molecule has 0 fully saturated rings. The molecule has 2 nitrogen and oxygen atoms in total. The van der Waals surface area contributed by atoms with Crippen LogP contribution in [0.15, 0.2) is 85.2 Å². The third-order valence-corrected chi connectivity index (χ3v) is 3.00. The molecule has 2 heteroatoms. The fourth-order valence-corrected chi connectivity index (χ4v) is 1.78. The van der Waals surface area contributed by atoms with Gasteiger partial charge in [-0.2, -0.15) is 0 Å². The van der Waals surface area contributed by atoms with Crippen molar-refractivity contribution in [3.8, 4) is 11.5 Å². The van der Waals surface area contributed by atoms with Crippen LogP contribution in [0.3, 0.4) is 0 Å². The van der Waals surface area contributed by atoms with Crippen LogP contribution in [0.25, 0.3) is 0 Å². The number of aryl methyl sites for hydroxylation is 2. The first-order valence-electron chi connectivity index (χ1n) is 8.51. The highest BCUT2D eigenvalue weighted by atomic mass is 16.5. The zero-order valence-corrected chi connectivity index (χ0v) is 16.0. The second-order valence-corrected chi connectivity index (χ2v) is 4.99. The lowest BCUT2D eigenvalue weighted by atomic mass is 10.2. The Morgan fingerprint density at radius 3 is 2.20 bits per heavy atom. The molecule has 0 heterocycles. The topological polar surface area (TPSA) is 29.5 Å². The highest BCUT2D eigenvalue weighted by molar-refractivity contribution is 5.34. The number of hydrogen-bond acceptors (Lipinski definition) is 2. The van der Waals surface area contributed by atoms with Gasteiger partial charge in [0.1, 0.15) is 17.3 Å². The van der Waals surface area contributed by atoms with E-state index in [1.807, 2.05) is 89.2 Å². The summed E-state index contributed by atoms with van der Waals surface area (Å²) in [6, 6.07) is 15.1. The predicted molar refractivity (Wildman–Crippen MR) is 109 cm³/mol. The molecule has 0 spiro atoms. The minimum atomic E-state index is 0.338. The minimum Gasteiger partial charge on any atom is -0.508 e. The van der Waals surface area contributed by atoms with Crippen LogP contribution in [-0.4, -0.2) is 5.11 Å². The number of hydrogen-bond donors (Lipinski definition) is 1. The Balaban J connectivity index is 0.000000483. The second-order valence-electron chi connectivity index (χ2n) is 4.99. The van der Waals surface area contributed by atoms with E-state index in [0.717, 1.165) is 22.6 Å². The van der Waals surface area contributed by atoms with Crippen LogP contribution in [-0.2, 0) is 0 Å². The van der Waals surface area contributed by atoms with E-state index in [9.17, 15) is 0 Å². The number of benzene rings is 2. The highest BCUT2D eigenvalue weighted by Gasteiger charge is 1.98. The van der Waals surface area contributed by atoms with E-state index < -0.39 is 0 Å². The van der Waals surface area contributed by atoms with E-state index in [0.29, 0.717) is 5.75 Å². The van der Waals surface area contributed by atoms with E-state index in [-0.39, 0.29) is 0 Å². The smallest absolute Gasteiger partial charge is 0.130 e. The molecular formula is C23H30O2. The predicted octanol–water partition coefficient (Wildman–Crippen LogP) is 6.75. The van der Waals surface area contributed by atoms with Gasteiger partial charge in [0, 0.05) is 0 Å². The van der Waals surface area contributed by atoms with Crippen molar-refractivity contribution < 1.29 is 9.84 Å². The van der Waals surface area contributed by atoms with Crippen molar-refractivity contribution in [2.45, 2.75) is 34.6 Å². The Bertz CT molecular complexity index is 665. The number of allylic oxidation sites excluding steroid dienone is 4. The number of para-hydroxylation sites is 1. The molecule has 0 aromatic heterocycles. The first kappa shape index (κ1) is 22.3. The molecule has 0 aliphatic carbocycles. The van der Waals surface area contributed by atoms with Crippen molar-refractivity contribution in [2.75, 3.05) is 0 Å². The average molecular weight is 338 g/mol.